The van der Waals surface area contributed by atoms with Gasteiger partial charge in [-0.1, -0.05) is 65.9 Å². The van der Waals surface area contributed by atoms with Gasteiger partial charge in [-0.05, 0) is 47.8 Å². The number of imide groups is 1. The Morgan fingerprint density at radius 1 is 0.973 bits per heavy atom. The highest BCUT2D eigenvalue weighted by atomic mass is 32.2. The molecule has 7 rings (SSSR count). The van der Waals surface area contributed by atoms with Gasteiger partial charge in [0.2, 0.25) is 11.8 Å². The first-order valence-corrected chi connectivity index (χ1v) is 14.2. The SMILES string of the molecule is CC(C(=O)O)N1C(=O)C2C3CC(C2C1=O)C1C3Sc2[nH]c(=O)sc2[C@@H]1c1ccc(-c2ccccc2)cc1. The third kappa shape index (κ3) is 3.19. The molecule has 8 atom stereocenters. The van der Waals surface area contributed by atoms with Gasteiger partial charge in [-0.25, -0.2) is 4.79 Å². The fourth-order valence-corrected chi connectivity index (χ4v) is 10.3. The van der Waals surface area contributed by atoms with Crippen molar-refractivity contribution >= 4 is 40.9 Å². The number of H-pyrrole nitrogens is 1. The number of aromatic amines is 1. The molecule has 3 aromatic rings. The molecule has 1 aromatic heterocycles. The highest BCUT2D eigenvalue weighted by Gasteiger charge is 2.70. The lowest BCUT2D eigenvalue weighted by Gasteiger charge is -2.43. The summed E-state index contributed by atoms with van der Waals surface area (Å²) >= 11 is 2.87. The van der Waals surface area contributed by atoms with Crippen LogP contribution in [-0.4, -0.2) is 44.1 Å². The van der Waals surface area contributed by atoms with Crippen molar-refractivity contribution in [2.24, 2.45) is 29.6 Å². The van der Waals surface area contributed by atoms with Gasteiger partial charge in [-0.15, -0.1) is 11.8 Å². The molecule has 2 aromatic carbocycles. The van der Waals surface area contributed by atoms with Crippen LogP contribution in [-0.2, 0) is 14.4 Å². The van der Waals surface area contributed by atoms with E-state index in [1.54, 1.807) is 11.8 Å². The molecule has 2 saturated carbocycles. The highest BCUT2D eigenvalue weighted by molar-refractivity contribution is 8.00. The Labute approximate surface area is 220 Å². The fourth-order valence-electron chi connectivity index (χ4n) is 7.42. The smallest absolute Gasteiger partial charge is 0.326 e. The fraction of sp³-hybridized carbons (Fsp3) is 0.357. The standard InChI is InChI=1S/C28H24N2O5S2/c1-12(27(33)34)30-25(31)20-16-11-17(21(20)26(30)32)22-19(16)18(23-24(36-22)29-28(35)37-23)15-9-7-14(8-10-15)13-5-3-2-4-6-13/h2-10,12,16-22H,11H2,1H3,(H,29,35)(H,33,34)/t12?,16?,17?,18-,19?,20?,21?,22?/m1/s1. The Morgan fingerprint density at radius 3 is 2.30 bits per heavy atom. The van der Waals surface area contributed by atoms with Gasteiger partial charge < -0.3 is 10.1 Å². The number of fused-ring (bicyclic) bond motifs is 9. The molecular formula is C28H24N2O5S2. The largest absolute Gasteiger partial charge is 0.480 e. The molecule has 4 aliphatic rings. The molecule has 188 valence electrons. The maximum atomic E-state index is 13.5. The van der Waals surface area contributed by atoms with Gasteiger partial charge in [0.15, 0.2) is 0 Å². The van der Waals surface area contributed by atoms with Gasteiger partial charge in [-0.2, -0.15) is 0 Å². The van der Waals surface area contributed by atoms with Gasteiger partial charge in [0.1, 0.15) is 6.04 Å². The number of thiazole rings is 1. The minimum Gasteiger partial charge on any atom is -0.480 e. The predicted molar refractivity (Wildman–Crippen MR) is 139 cm³/mol. The molecular weight excluding hydrogens is 508 g/mol. The van der Waals surface area contributed by atoms with Crippen LogP contribution in [0.15, 0.2) is 64.4 Å². The van der Waals surface area contributed by atoms with Crippen LogP contribution in [0.2, 0.25) is 0 Å². The Kier molecular flexibility index (Phi) is 5.07. The Morgan fingerprint density at radius 2 is 1.62 bits per heavy atom. The van der Waals surface area contributed by atoms with E-state index in [1.807, 2.05) is 18.2 Å². The monoisotopic (exact) mass is 532 g/mol. The Hall–Kier alpha value is -3.17. The van der Waals surface area contributed by atoms with Crippen molar-refractivity contribution in [1.29, 1.82) is 0 Å². The van der Waals surface area contributed by atoms with E-state index in [2.05, 4.69) is 41.4 Å². The zero-order valence-corrected chi connectivity index (χ0v) is 21.5. The zero-order chi connectivity index (χ0) is 25.6. The van der Waals surface area contributed by atoms with Crippen molar-refractivity contribution in [2.75, 3.05) is 0 Å². The van der Waals surface area contributed by atoms with Gasteiger partial charge in [0.05, 0.1) is 16.9 Å². The van der Waals surface area contributed by atoms with E-state index in [4.69, 9.17) is 0 Å². The highest BCUT2D eigenvalue weighted by Crippen LogP contribution is 2.68. The summed E-state index contributed by atoms with van der Waals surface area (Å²) in [4.78, 5) is 55.9. The third-order valence-electron chi connectivity index (χ3n) is 8.88. The number of aliphatic carboxylic acids is 1. The van der Waals surface area contributed by atoms with Gasteiger partial charge in [-0.3, -0.25) is 19.3 Å². The van der Waals surface area contributed by atoms with Crippen LogP contribution in [0.5, 0.6) is 0 Å². The van der Waals surface area contributed by atoms with E-state index < -0.39 is 23.8 Å². The molecule has 2 amide bonds. The second-order valence-electron chi connectivity index (χ2n) is 10.5. The second kappa shape index (κ2) is 8.16. The van der Waals surface area contributed by atoms with Crippen molar-refractivity contribution in [3.63, 3.8) is 0 Å². The van der Waals surface area contributed by atoms with Crippen LogP contribution in [0.4, 0.5) is 0 Å². The summed E-state index contributed by atoms with van der Waals surface area (Å²) in [7, 11) is 0. The number of rotatable bonds is 4. The summed E-state index contributed by atoms with van der Waals surface area (Å²) in [6.45, 7) is 1.41. The van der Waals surface area contributed by atoms with Crippen molar-refractivity contribution in [2.45, 2.75) is 35.6 Å². The number of amides is 2. The maximum absolute atomic E-state index is 13.5. The van der Waals surface area contributed by atoms with Crippen LogP contribution >= 0.6 is 23.1 Å². The second-order valence-corrected chi connectivity index (χ2v) is 12.7. The first kappa shape index (κ1) is 23.0. The molecule has 3 fully saturated rings. The van der Waals surface area contributed by atoms with Crippen molar-refractivity contribution in [3.05, 3.63) is 74.7 Å². The normalized spacial score (nSPS) is 32.2. The number of carbonyl (C=O) groups excluding carboxylic acids is 2. The summed E-state index contributed by atoms with van der Waals surface area (Å²) in [5.41, 5.74) is 3.34. The van der Waals surface area contributed by atoms with Crippen LogP contribution in [0, 0.1) is 29.6 Å². The van der Waals surface area contributed by atoms with E-state index in [0.29, 0.717) is 0 Å². The van der Waals surface area contributed by atoms with Gasteiger partial charge in [0, 0.05) is 16.0 Å². The van der Waals surface area contributed by atoms with Crippen molar-refractivity contribution < 1.29 is 19.5 Å². The average Bonchev–Trinajstić information content (AvgIpc) is 3.63. The number of carbonyl (C=O) groups is 3. The number of carboxylic acid groups (broad SMARTS) is 1. The first-order chi connectivity index (χ1) is 17.8. The Balaban J connectivity index is 1.30. The van der Waals surface area contributed by atoms with E-state index >= 15 is 0 Å². The zero-order valence-electron chi connectivity index (χ0n) is 19.9. The molecule has 2 N–H and O–H groups in total. The first-order valence-electron chi connectivity index (χ1n) is 12.5. The summed E-state index contributed by atoms with van der Waals surface area (Å²) in [5, 5.41) is 10.5. The number of likely N-dealkylation sites (tertiary alicyclic amines) is 1. The van der Waals surface area contributed by atoms with E-state index in [0.717, 1.165) is 37.9 Å². The van der Waals surface area contributed by atoms with Crippen molar-refractivity contribution in [1.82, 2.24) is 9.88 Å². The molecule has 2 bridgehead atoms. The van der Waals surface area contributed by atoms with E-state index in [9.17, 15) is 24.3 Å². The third-order valence-corrected chi connectivity index (χ3v) is 11.5. The number of thioether (sulfide) groups is 1. The molecule has 7 unspecified atom stereocenters. The number of nitrogens with one attached hydrogen (secondary N) is 1. The van der Waals surface area contributed by atoms with Gasteiger partial charge in [0.25, 0.3) is 0 Å². The predicted octanol–water partition coefficient (Wildman–Crippen LogP) is 4.05. The van der Waals surface area contributed by atoms with Crippen molar-refractivity contribution in [3.8, 4) is 11.1 Å². The van der Waals surface area contributed by atoms with Gasteiger partial charge >= 0.3 is 10.8 Å². The number of carboxylic acids is 1. The minimum absolute atomic E-state index is 0.0184. The summed E-state index contributed by atoms with van der Waals surface area (Å²) in [6, 6.07) is 17.4. The summed E-state index contributed by atoms with van der Waals surface area (Å²) in [5.74, 6) is -2.82. The quantitative estimate of drug-likeness (QED) is 0.491. The molecule has 9 heteroatoms. The van der Waals surface area contributed by atoms with Crippen LogP contribution < -0.4 is 4.87 Å². The molecule has 3 heterocycles. The lowest BCUT2D eigenvalue weighted by molar-refractivity contribution is -0.154. The average molecular weight is 533 g/mol. The summed E-state index contributed by atoms with van der Waals surface area (Å²) in [6.07, 6.45) is 0.780. The molecule has 37 heavy (non-hydrogen) atoms. The summed E-state index contributed by atoms with van der Waals surface area (Å²) < 4.78 is 0. The topological polar surface area (TPSA) is 108 Å². The number of benzene rings is 2. The van der Waals surface area contributed by atoms with E-state index in [1.165, 1.54) is 18.3 Å². The molecule has 0 radical (unpaired) electrons. The maximum Gasteiger partial charge on any atom is 0.326 e. The number of hydrogen-bond acceptors (Lipinski definition) is 6. The number of aromatic nitrogens is 1. The Bertz CT molecular complexity index is 1500. The lowest BCUT2D eigenvalue weighted by Crippen LogP contribution is -2.44. The lowest BCUT2D eigenvalue weighted by atomic mass is 9.68. The van der Waals surface area contributed by atoms with E-state index in [-0.39, 0.29) is 45.6 Å². The van der Waals surface area contributed by atoms with Crippen LogP contribution in [0.25, 0.3) is 11.1 Å². The van der Waals surface area contributed by atoms with Crippen LogP contribution in [0.3, 0.4) is 0 Å². The number of nitrogens with zero attached hydrogens (tertiary/aromatic N) is 1. The molecule has 0 spiro atoms. The molecule has 1 saturated heterocycles. The van der Waals surface area contributed by atoms with Crippen LogP contribution in [0.1, 0.15) is 29.7 Å². The molecule has 2 aliphatic heterocycles. The molecule has 2 aliphatic carbocycles. The molecule has 7 nitrogen and oxygen atoms in total. The minimum atomic E-state index is -1.17. The number of hydrogen-bond donors (Lipinski definition) is 2.